The van der Waals surface area contributed by atoms with Crippen LogP contribution >= 0.6 is 38.9 Å². The Hall–Kier alpha value is -1.81. The van der Waals surface area contributed by atoms with Crippen LogP contribution in [0.15, 0.2) is 34.1 Å². The minimum Gasteiger partial charge on any atom is -0.399 e. The number of amides is 2. The average molecular weight is 528 g/mol. The molecule has 1 atom stereocenters. The fraction of sp³-hybridized carbons (Fsp3) is 0.429. The van der Waals surface area contributed by atoms with Gasteiger partial charge in [0.1, 0.15) is 0 Å². The number of carbonyl (C=O) groups is 2. The van der Waals surface area contributed by atoms with Crippen molar-refractivity contribution < 1.29 is 14.3 Å². The van der Waals surface area contributed by atoms with E-state index in [1.165, 1.54) is 11.3 Å². The molecule has 2 aromatic rings. The number of hydrogen-bond donors (Lipinski definition) is 1. The Kier molecular flexibility index (Phi) is 7.05. The molecule has 31 heavy (non-hydrogen) atoms. The van der Waals surface area contributed by atoms with Gasteiger partial charge in [-0.25, -0.2) is 4.79 Å². The summed E-state index contributed by atoms with van der Waals surface area (Å²) < 4.78 is 6.15. The predicted molar refractivity (Wildman–Crippen MR) is 128 cm³/mol. The minimum absolute atomic E-state index is 0.0515. The van der Waals surface area contributed by atoms with Gasteiger partial charge in [-0.05, 0) is 66.3 Å². The van der Waals surface area contributed by atoms with Crippen LogP contribution in [0.5, 0.6) is 5.06 Å². The maximum absolute atomic E-state index is 12.6. The Morgan fingerprint density at radius 2 is 2.06 bits per heavy atom. The Bertz CT molecular complexity index is 972. The first-order valence-corrected chi connectivity index (χ1v) is 12.1. The number of likely N-dealkylation sites (N-methyl/N-ethyl adjacent to an activating group) is 1. The second-order valence-corrected chi connectivity index (χ2v) is 10.6. The van der Waals surface area contributed by atoms with Crippen molar-refractivity contribution in [3.05, 3.63) is 39.1 Å². The van der Waals surface area contributed by atoms with E-state index in [2.05, 4.69) is 38.1 Å². The van der Waals surface area contributed by atoms with Crippen LogP contribution in [0, 0.1) is 0 Å². The van der Waals surface area contributed by atoms with Crippen molar-refractivity contribution >= 4 is 62.2 Å². The first kappa shape index (κ1) is 22.4. The van der Waals surface area contributed by atoms with Gasteiger partial charge in [-0.2, -0.15) is 0 Å². The molecule has 0 saturated carbocycles. The predicted octanol–water partition coefficient (Wildman–Crippen LogP) is 4.20. The van der Waals surface area contributed by atoms with Crippen LogP contribution in [-0.2, 0) is 4.79 Å². The zero-order valence-electron chi connectivity index (χ0n) is 17.1. The number of nitrogens with zero attached hydrogens (tertiary/aromatic N) is 3. The third kappa shape index (κ3) is 5.52. The van der Waals surface area contributed by atoms with E-state index in [-0.39, 0.29) is 18.4 Å². The molecule has 1 aromatic heterocycles. The van der Waals surface area contributed by atoms with Gasteiger partial charge < -0.3 is 24.8 Å². The standard InChI is InChI=1S/C21H24BrClN4O3S/c1-25-7-2-8-26(10-9-25)17-4-3-15(12-16(17)23)27-13-14(11-19(27)28)24-21(29)30-20-6-5-18(22)31-20/h3-6,12,14H,2,7-11,13H2,1H3,(H,24,29). The van der Waals surface area contributed by atoms with Crippen molar-refractivity contribution in [3.63, 3.8) is 0 Å². The highest BCUT2D eigenvalue weighted by atomic mass is 79.9. The van der Waals surface area contributed by atoms with Crippen LogP contribution in [0.2, 0.25) is 5.02 Å². The van der Waals surface area contributed by atoms with Gasteiger partial charge in [0.15, 0.2) is 5.06 Å². The monoisotopic (exact) mass is 526 g/mol. The molecule has 2 aliphatic heterocycles. The number of rotatable bonds is 4. The summed E-state index contributed by atoms with van der Waals surface area (Å²) in [5.41, 5.74) is 1.73. The lowest BCUT2D eigenvalue weighted by Gasteiger charge is -2.25. The molecule has 4 rings (SSSR count). The van der Waals surface area contributed by atoms with Gasteiger partial charge in [-0.3, -0.25) is 4.79 Å². The number of hydrogen-bond acceptors (Lipinski definition) is 6. The number of ether oxygens (including phenoxy) is 1. The zero-order chi connectivity index (χ0) is 22.0. The van der Waals surface area contributed by atoms with E-state index < -0.39 is 6.09 Å². The molecule has 2 saturated heterocycles. The molecule has 7 nitrogen and oxygen atoms in total. The van der Waals surface area contributed by atoms with Crippen molar-refractivity contribution in [3.8, 4) is 5.06 Å². The van der Waals surface area contributed by atoms with Gasteiger partial charge in [0.25, 0.3) is 0 Å². The molecule has 2 amide bonds. The molecular formula is C21H24BrClN4O3S. The average Bonchev–Trinajstić information content (AvgIpc) is 3.21. The van der Waals surface area contributed by atoms with Gasteiger partial charge in [0, 0.05) is 38.3 Å². The summed E-state index contributed by atoms with van der Waals surface area (Å²) in [6, 6.07) is 8.96. The summed E-state index contributed by atoms with van der Waals surface area (Å²) in [6.45, 7) is 4.34. The first-order valence-electron chi connectivity index (χ1n) is 10.2. The summed E-state index contributed by atoms with van der Waals surface area (Å²) in [6.07, 6.45) is 0.750. The van der Waals surface area contributed by atoms with E-state index in [1.54, 1.807) is 11.0 Å². The SMILES string of the molecule is CN1CCCN(c2ccc(N3CC(NC(=O)Oc4ccc(Br)s4)CC3=O)cc2Cl)CC1. The van der Waals surface area contributed by atoms with Crippen molar-refractivity contribution in [2.45, 2.75) is 18.9 Å². The number of benzene rings is 1. The highest BCUT2D eigenvalue weighted by Gasteiger charge is 2.32. The third-order valence-corrected chi connectivity index (χ3v) is 7.30. The summed E-state index contributed by atoms with van der Waals surface area (Å²) in [7, 11) is 2.13. The van der Waals surface area contributed by atoms with E-state index in [0.29, 0.717) is 16.6 Å². The molecule has 2 aliphatic rings. The highest BCUT2D eigenvalue weighted by molar-refractivity contribution is 9.11. The van der Waals surface area contributed by atoms with Crippen LogP contribution in [0.3, 0.4) is 0 Å². The molecule has 2 fully saturated rings. The Labute approximate surface area is 199 Å². The quantitative estimate of drug-likeness (QED) is 0.646. The number of anilines is 2. The van der Waals surface area contributed by atoms with E-state index in [4.69, 9.17) is 16.3 Å². The molecule has 0 spiro atoms. The molecule has 166 valence electrons. The lowest BCUT2D eigenvalue weighted by molar-refractivity contribution is -0.117. The van der Waals surface area contributed by atoms with E-state index >= 15 is 0 Å². The van der Waals surface area contributed by atoms with Crippen molar-refractivity contribution in [2.75, 3.05) is 49.6 Å². The Morgan fingerprint density at radius 1 is 1.23 bits per heavy atom. The van der Waals surface area contributed by atoms with Gasteiger partial charge >= 0.3 is 6.09 Å². The molecule has 3 heterocycles. The van der Waals surface area contributed by atoms with E-state index in [0.717, 1.165) is 47.8 Å². The fourth-order valence-corrected chi connectivity index (χ4v) is 5.39. The molecule has 1 N–H and O–H groups in total. The van der Waals surface area contributed by atoms with Gasteiger partial charge in [0.2, 0.25) is 5.91 Å². The van der Waals surface area contributed by atoms with Gasteiger partial charge in [-0.15, -0.1) is 0 Å². The minimum atomic E-state index is -0.562. The zero-order valence-corrected chi connectivity index (χ0v) is 20.3. The molecule has 10 heteroatoms. The first-order chi connectivity index (χ1) is 14.9. The third-order valence-electron chi connectivity index (χ3n) is 5.49. The van der Waals surface area contributed by atoms with Crippen molar-refractivity contribution in [1.29, 1.82) is 0 Å². The molecule has 1 aromatic carbocycles. The molecule has 0 bridgehead atoms. The van der Waals surface area contributed by atoms with Crippen LogP contribution in [0.1, 0.15) is 12.8 Å². The van der Waals surface area contributed by atoms with Crippen molar-refractivity contribution in [2.24, 2.45) is 0 Å². The number of halogens is 2. The maximum atomic E-state index is 12.6. The maximum Gasteiger partial charge on any atom is 0.413 e. The number of nitrogens with one attached hydrogen (secondary N) is 1. The van der Waals surface area contributed by atoms with Gasteiger partial charge in [0.05, 0.1) is 20.5 Å². The second kappa shape index (κ2) is 9.77. The lowest BCUT2D eigenvalue weighted by atomic mass is 10.2. The second-order valence-electron chi connectivity index (χ2n) is 7.78. The van der Waals surface area contributed by atoms with Crippen molar-refractivity contribution in [1.82, 2.24) is 10.2 Å². The van der Waals surface area contributed by atoms with E-state index in [9.17, 15) is 9.59 Å². The summed E-state index contributed by atoms with van der Waals surface area (Å²) in [5, 5.41) is 3.90. The summed E-state index contributed by atoms with van der Waals surface area (Å²) in [4.78, 5) is 31.0. The molecule has 1 unspecified atom stereocenters. The topological polar surface area (TPSA) is 65.1 Å². The van der Waals surface area contributed by atoms with Crippen LogP contribution in [0.4, 0.5) is 16.2 Å². The smallest absolute Gasteiger partial charge is 0.399 e. The number of carbonyl (C=O) groups excluding carboxylic acids is 2. The largest absolute Gasteiger partial charge is 0.413 e. The molecular weight excluding hydrogens is 504 g/mol. The summed E-state index contributed by atoms with van der Waals surface area (Å²) in [5.74, 6) is -0.0515. The van der Waals surface area contributed by atoms with Crippen LogP contribution < -0.4 is 19.9 Å². The highest BCUT2D eigenvalue weighted by Crippen LogP contribution is 2.33. The number of thiophene rings is 1. The van der Waals surface area contributed by atoms with Crippen LogP contribution in [0.25, 0.3) is 0 Å². The van der Waals surface area contributed by atoms with E-state index in [1.807, 2.05) is 24.3 Å². The van der Waals surface area contributed by atoms with Gasteiger partial charge in [-0.1, -0.05) is 22.9 Å². The lowest BCUT2D eigenvalue weighted by Crippen LogP contribution is -2.38. The van der Waals surface area contributed by atoms with Crippen LogP contribution in [-0.4, -0.2) is 62.7 Å². The molecule has 0 radical (unpaired) electrons. The fourth-order valence-electron chi connectivity index (χ4n) is 3.90. The Morgan fingerprint density at radius 3 is 2.81 bits per heavy atom. The normalized spacial score (nSPS) is 20.1. The molecule has 0 aliphatic carbocycles. The Balaban J connectivity index is 1.38. The summed E-state index contributed by atoms with van der Waals surface area (Å²) >= 11 is 11.3.